The third-order valence-corrected chi connectivity index (χ3v) is 2.14. The van der Waals surface area contributed by atoms with Crippen molar-refractivity contribution in [2.45, 2.75) is 31.9 Å². The fraction of sp³-hybridized carbons (Fsp3) is 0.600. The van der Waals surface area contributed by atoms with E-state index in [1.165, 1.54) is 6.92 Å². The van der Waals surface area contributed by atoms with E-state index < -0.39 is 11.2 Å². The highest BCUT2D eigenvalue weighted by Crippen LogP contribution is 2.30. The van der Waals surface area contributed by atoms with E-state index in [0.717, 1.165) is 6.42 Å². The van der Waals surface area contributed by atoms with Gasteiger partial charge in [-0.05, 0) is 12.8 Å². The number of allylic oxidation sites excluding steroid dienone is 4. The summed E-state index contributed by atoms with van der Waals surface area (Å²) in [4.78, 5) is 0. The molecule has 0 aliphatic rings. The molecule has 0 N–H and O–H groups in total. The highest BCUT2D eigenvalue weighted by molar-refractivity contribution is 7.81. The lowest BCUT2D eigenvalue weighted by Crippen LogP contribution is -2.17. The minimum atomic E-state index is -2.88. The monoisotopic (exact) mass is 206 g/mol. The van der Waals surface area contributed by atoms with E-state index in [9.17, 15) is 8.78 Å². The SMILES string of the molecule is CC/C=C/C=C\CC(C)C(F)(F)S. The molecular weight excluding hydrogens is 190 g/mol. The largest absolute Gasteiger partial charge is 0.293 e. The molecular formula is C10H16F2S. The average molecular weight is 206 g/mol. The van der Waals surface area contributed by atoms with Crippen LogP contribution in [0.2, 0.25) is 0 Å². The molecule has 0 bridgehead atoms. The smallest absolute Gasteiger partial charge is 0.194 e. The molecule has 0 aromatic heterocycles. The number of rotatable bonds is 5. The summed E-state index contributed by atoms with van der Waals surface area (Å²) < 4.78 is 25.0. The minimum absolute atomic E-state index is 0.352. The average Bonchev–Trinajstić information content (AvgIpc) is 2.02. The van der Waals surface area contributed by atoms with Crippen LogP contribution in [0.1, 0.15) is 26.7 Å². The van der Waals surface area contributed by atoms with Crippen molar-refractivity contribution >= 4 is 12.6 Å². The van der Waals surface area contributed by atoms with E-state index in [2.05, 4.69) is 12.6 Å². The maximum absolute atomic E-state index is 12.5. The summed E-state index contributed by atoms with van der Waals surface area (Å²) in [6.45, 7) is 3.51. The van der Waals surface area contributed by atoms with E-state index in [1.54, 1.807) is 12.2 Å². The minimum Gasteiger partial charge on any atom is -0.194 e. The fourth-order valence-electron chi connectivity index (χ4n) is 0.718. The van der Waals surface area contributed by atoms with Gasteiger partial charge < -0.3 is 0 Å². The summed E-state index contributed by atoms with van der Waals surface area (Å²) >= 11 is 3.21. The van der Waals surface area contributed by atoms with E-state index in [-0.39, 0.29) is 0 Å². The number of thiol groups is 1. The number of halogens is 2. The summed E-state index contributed by atoms with van der Waals surface area (Å²) in [5, 5.41) is -2.88. The van der Waals surface area contributed by atoms with Crippen LogP contribution in [0.4, 0.5) is 8.78 Å². The van der Waals surface area contributed by atoms with Crippen molar-refractivity contribution in [1.29, 1.82) is 0 Å². The van der Waals surface area contributed by atoms with E-state index >= 15 is 0 Å². The Kier molecular flexibility index (Phi) is 6.04. The van der Waals surface area contributed by atoms with Gasteiger partial charge in [0.1, 0.15) is 0 Å². The molecule has 0 saturated heterocycles. The molecule has 0 aromatic carbocycles. The Bertz CT molecular complexity index is 180. The van der Waals surface area contributed by atoms with Gasteiger partial charge in [-0.25, -0.2) is 0 Å². The predicted octanol–water partition coefficient (Wildman–Crippen LogP) is 4.06. The van der Waals surface area contributed by atoms with Gasteiger partial charge in [-0.3, -0.25) is 0 Å². The lowest BCUT2D eigenvalue weighted by atomic mass is 10.1. The molecule has 0 aliphatic heterocycles. The van der Waals surface area contributed by atoms with Crippen molar-refractivity contribution in [3.63, 3.8) is 0 Å². The van der Waals surface area contributed by atoms with Gasteiger partial charge in [-0.2, -0.15) is 8.78 Å². The van der Waals surface area contributed by atoms with Crippen LogP contribution in [0.5, 0.6) is 0 Å². The maximum atomic E-state index is 12.5. The Morgan fingerprint density at radius 1 is 1.31 bits per heavy atom. The summed E-state index contributed by atoms with van der Waals surface area (Å²) in [5.41, 5.74) is 0. The van der Waals surface area contributed by atoms with Crippen LogP contribution in [-0.2, 0) is 0 Å². The summed E-state index contributed by atoms with van der Waals surface area (Å²) in [5.74, 6) is -0.720. The summed E-state index contributed by atoms with van der Waals surface area (Å²) in [6.07, 6.45) is 8.68. The number of hydrogen-bond donors (Lipinski definition) is 1. The second kappa shape index (κ2) is 6.19. The Balaban J connectivity index is 3.76. The zero-order valence-corrected chi connectivity index (χ0v) is 8.90. The first kappa shape index (κ1) is 12.7. The highest BCUT2D eigenvalue weighted by atomic mass is 32.1. The molecule has 13 heavy (non-hydrogen) atoms. The summed E-state index contributed by atoms with van der Waals surface area (Å²) in [7, 11) is 0. The van der Waals surface area contributed by atoms with Crippen LogP contribution in [0.3, 0.4) is 0 Å². The molecule has 76 valence electrons. The quantitative estimate of drug-likeness (QED) is 0.509. The molecule has 1 unspecified atom stereocenters. The van der Waals surface area contributed by atoms with E-state index in [1.807, 2.05) is 19.1 Å². The van der Waals surface area contributed by atoms with Crippen molar-refractivity contribution in [3.05, 3.63) is 24.3 Å². The van der Waals surface area contributed by atoms with Gasteiger partial charge in [0, 0.05) is 5.92 Å². The standard InChI is InChI=1S/C10H16F2S/c1-3-4-5-6-7-8-9(2)10(11,12)13/h4-7,9,13H,3,8H2,1-2H3/b5-4+,7-6-. The fourth-order valence-corrected chi connectivity index (χ4v) is 0.823. The highest BCUT2D eigenvalue weighted by Gasteiger charge is 2.29. The normalized spacial score (nSPS) is 15.8. The van der Waals surface area contributed by atoms with Crippen molar-refractivity contribution in [2.75, 3.05) is 0 Å². The molecule has 0 radical (unpaired) electrons. The van der Waals surface area contributed by atoms with E-state index in [0.29, 0.717) is 6.42 Å². The number of hydrogen-bond acceptors (Lipinski definition) is 1. The first-order valence-corrected chi connectivity index (χ1v) is 4.85. The van der Waals surface area contributed by atoms with Gasteiger partial charge in [0.25, 0.3) is 5.25 Å². The zero-order valence-electron chi connectivity index (χ0n) is 8.00. The lowest BCUT2D eigenvalue weighted by molar-refractivity contribution is 0.0500. The molecule has 0 aliphatic carbocycles. The first-order valence-electron chi connectivity index (χ1n) is 4.40. The van der Waals surface area contributed by atoms with Crippen LogP contribution >= 0.6 is 12.6 Å². The molecule has 0 rings (SSSR count). The Morgan fingerprint density at radius 2 is 1.85 bits per heavy atom. The molecule has 0 nitrogen and oxygen atoms in total. The molecule has 0 heterocycles. The van der Waals surface area contributed by atoms with E-state index in [4.69, 9.17) is 0 Å². The topological polar surface area (TPSA) is 0 Å². The third-order valence-electron chi connectivity index (χ3n) is 1.70. The predicted molar refractivity (Wildman–Crippen MR) is 56.3 cm³/mol. The lowest BCUT2D eigenvalue weighted by Gasteiger charge is -2.15. The van der Waals surface area contributed by atoms with Crippen LogP contribution in [-0.4, -0.2) is 5.25 Å². The molecule has 0 spiro atoms. The molecule has 0 fully saturated rings. The Morgan fingerprint density at radius 3 is 2.31 bits per heavy atom. The molecule has 1 atom stereocenters. The van der Waals surface area contributed by atoms with Crippen molar-refractivity contribution in [3.8, 4) is 0 Å². The first-order chi connectivity index (χ1) is 5.98. The zero-order chi connectivity index (χ0) is 10.3. The molecule has 0 amide bonds. The van der Waals surface area contributed by atoms with Gasteiger partial charge in [0.2, 0.25) is 0 Å². The maximum Gasteiger partial charge on any atom is 0.293 e. The van der Waals surface area contributed by atoms with Crippen molar-refractivity contribution in [2.24, 2.45) is 5.92 Å². The second-order valence-corrected chi connectivity index (χ2v) is 3.59. The molecule has 3 heteroatoms. The van der Waals surface area contributed by atoms with Crippen LogP contribution in [0.25, 0.3) is 0 Å². The third kappa shape index (κ3) is 6.82. The van der Waals surface area contributed by atoms with Gasteiger partial charge in [-0.1, -0.05) is 38.2 Å². The van der Waals surface area contributed by atoms with Crippen LogP contribution in [0, 0.1) is 5.92 Å². The van der Waals surface area contributed by atoms with Gasteiger partial charge in [0.15, 0.2) is 0 Å². The Hall–Kier alpha value is -0.310. The summed E-state index contributed by atoms with van der Waals surface area (Å²) in [6, 6.07) is 0. The number of alkyl halides is 2. The van der Waals surface area contributed by atoms with Crippen LogP contribution in [0.15, 0.2) is 24.3 Å². The van der Waals surface area contributed by atoms with Crippen LogP contribution < -0.4 is 0 Å². The molecule has 0 saturated carbocycles. The second-order valence-electron chi connectivity index (χ2n) is 2.99. The molecule has 0 aromatic rings. The van der Waals surface area contributed by atoms with Gasteiger partial charge in [-0.15, -0.1) is 12.6 Å². The van der Waals surface area contributed by atoms with Crippen molar-refractivity contribution < 1.29 is 8.78 Å². The van der Waals surface area contributed by atoms with Crippen molar-refractivity contribution in [1.82, 2.24) is 0 Å². The van der Waals surface area contributed by atoms with Gasteiger partial charge >= 0.3 is 0 Å². The Labute approximate surface area is 84.1 Å². The van der Waals surface area contributed by atoms with Gasteiger partial charge in [0.05, 0.1) is 0 Å².